The van der Waals surface area contributed by atoms with Crippen LogP contribution in [-0.2, 0) is 0 Å². The summed E-state index contributed by atoms with van der Waals surface area (Å²) in [6.45, 7) is 3.93. The Morgan fingerprint density at radius 3 is 2.88 bits per heavy atom. The zero-order valence-corrected chi connectivity index (χ0v) is 9.25. The number of phenolic OH excluding ortho intramolecular Hbond substituents is 1. The Bertz CT molecular complexity index is 416. The highest BCUT2D eigenvalue weighted by Crippen LogP contribution is 2.21. The van der Waals surface area contributed by atoms with E-state index in [9.17, 15) is 15.2 Å². The highest BCUT2D eigenvalue weighted by molar-refractivity contribution is 5.84. The van der Waals surface area contributed by atoms with Crippen LogP contribution in [0.4, 0.5) is 5.69 Å². The molecule has 0 aromatic heterocycles. The Morgan fingerprint density at radius 1 is 1.62 bits per heavy atom. The molecule has 0 saturated carbocycles. The molecule has 86 valence electrons. The zero-order chi connectivity index (χ0) is 12.1. The average Bonchev–Trinajstić information content (AvgIpc) is 2.27. The third kappa shape index (κ3) is 3.05. The molecule has 0 aliphatic rings. The van der Waals surface area contributed by atoms with E-state index in [0.717, 1.165) is 6.42 Å². The lowest BCUT2D eigenvalue weighted by atomic mass is 10.2. The van der Waals surface area contributed by atoms with Crippen molar-refractivity contribution in [3.63, 3.8) is 0 Å². The number of phenols is 1. The number of non-ortho nitro benzene ring substituents is 1. The van der Waals surface area contributed by atoms with Crippen molar-refractivity contribution in [1.82, 2.24) is 0 Å². The van der Waals surface area contributed by atoms with E-state index >= 15 is 0 Å². The predicted octanol–water partition coefficient (Wildman–Crippen LogP) is 2.52. The molecule has 0 saturated heterocycles. The number of hydrogen-bond acceptors (Lipinski definition) is 4. The molecule has 0 radical (unpaired) electrons. The molecular weight excluding hydrogens is 208 g/mol. The van der Waals surface area contributed by atoms with Gasteiger partial charge in [0.1, 0.15) is 5.75 Å². The maximum Gasteiger partial charge on any atom is 0.270 e. The standard InChI is InChI=1S/C11H14N2O3/c1-3-8(2)12-7-9-6-10(13(15)16)4-5-11(9)14/h4-8,14H,3H2,1-2H3/t8-/m0/s1. The molecule has 16 heavy (non-hydrogen) atoms. The van der Waals surface area contributed by atoms with Gasteiger partial charge in [-0.25, -0.2) is 0 Å². The van der Waals surface area contributed by atoms with Crippen LogP contribution in [0.2, 0.25) is 0 Å². The predicted molar refractivity (Wildman–Crippen MR) is 62.1 cm³/mol. The summed E-state index contributed by atoms with van der Waals surface area (Å²) in [6, 6.07) is 4.01. The third-order valence-corrected chi connectivity index (χ3v) is 2.28. The Balaban J connectivity index is 2.98. The molecule has 0 spiro atoms. The van der Waals surface area contributed by atoms with Gasteiger partial charge >= 0.3 is 0 Å². The monoisotopic (exact) mass is 222 g/mol. The maximum atomic E-state index is 10.5. The Morgan fingerprint density at radius 2 is 2.31 bits per heavy atom. The van der Waals surface area contributed by atoms with Crippen molar-refractivity contribution in [3.05, 3.63) is 33.9 Å². The number of aromatic hydroxyl groups is 1. The van der Waals surface area contributed by atoms with Gasteiger partial charge in [-0.1, -0.05) is 6.92 Å². The van der Waals surface area contributed by atoms with Crippen LogP contribution in [0.25, 0.3) is 0 Å². The van der Waals surface area contributed by atoms with Crippen LogP contribution in [0, 0.1) is 10.1 Å². The van der Waals surface area contributed by atoms with Gasteiger partial charge in [0.2, 0.25) is 0 Å². The summed E-state index contributed by atoms with van der Waals surface area (Å²) in [5.41, 5.74) is 0.318. The van der Waals surface area contributed by atoms with Gasteiger partial charge in [-0.3, -0.25) is 15.1 Å². The van der Waals surface area contributed by atoms with Gasteiger partial charge < -0.3 is 5.11 Å². The molecule has 0 fully saturated rings. The van der Waals surface area contributed by atoms with Gasteiger partial charge in [-0.2, -0.15) is 0 Å². The van der Waals surface area contributed by atoms with E-state index in [1.54, 1.807) is 0 Å². The first-order valence-corrected chi connectivity index (χ1v) is 5.05. The first-order valence-electron chi connectivity index (χ1n) is 5.05. The Kier molecular flexibility index (Phi) is 3.99. The van der Waals surface area contributed by atoms with Gasteiger partial charge in [0, 0.05) is 30.0 Å². The molecule has 0 heterocycles. The summed E-state index contributed by atoms with van der Waals surface area (Å²) in [7, 11) is 0. The molecule has 5 heteroatoms. The van der Waals surface area contributed by atoms with E-state index in [-0.39, 0.29) is 17.5 Å². The van der Waals surface area contributed by atoms with E-state index in [0.29, 0.717) is 5.56 Å². The molecule has 0 amide bonds. The molecule has 1 aromatic rings. The minimum absolute atomic E-state index is 0.00217. The van der Waals surface area contributed by atoms with Crippen LogP contribution >= 0.6 is 0 Å². The first-order chi connectivity index (χ1) is 7.54. The van der Waals surface area contributed by atoms with E-state index in [4.69, 9.17) is 0 Å². The minimum Gasteiger partial charge on any atom is -0.507 e. The van der Waals surface area contributed by atoms with Crippen LogP contribution in [0.1, 0.15) is 25.8 Å². The number of hydrogen-bond donors (Lipinski definition) is 1. The first kappa shape index (κ1) is 12.2. The third-order valence-electron chi connectivity index (χ3n) is 2.28. The number of rotatable bonds is 4. The Hall–Kier alpha value is -1.91. The summed E-state index contributed by atoms with van der Waals surface area (Å²) < 4.78 is 0. The highest BCUT2D eigenvalue weighted by atomic mass is 16.6. The van der Waals surface area contributed by atoms with E-state index in [1.807, 2.05) is 13.8 Å². The second kappa shape index (κ2) is 5.25. The second-order valence-corrected chi connectivity index (χ2v) is 3.54. The average molecular weight is 222 g/mol. The van der Waals surface area contributed by atoms with Gasteiger partial charge in [-0.15, -0.1) is 0 Å². The SMILES string of the molecule is CC[C@H](C)N=Cc1cc([N+](=O)[O-])ccc1O. The summed E-state index contributed by atoms with van der Waals surface area (Å²) in [5.74, 6) is -0.00217. The molecule has 5 nitrogen and oxygen atoms in total. The van der Waals surface area contributed by atoms with Crippen molar-refractivity contribution in [2.24, 2.45) is 4.99 Å². The molecule has 0 aliphatic heterocycles. The van der Waals surface area contributed by atoms with Crippen LogP contribution in [0.5, 0.6) is 5.75 Å². The molecule has 1 atom stereocenters. The van der Waals surface area contributed by atoms with E-state index in [2.05, 4.69) is 4.99 Å². The van der Waals surface area contributed by atoms with E-state index < -0.39 is 4.92 Å². The highest BCUT2D eigenvalue weighted by Gasteiger charge is 2.08. The van der Waals surface area contributed by atoms with Gasteiger partial charge in [0.15, 0.2) is 0 Å². The van der Waals surface area contributed by atoms with Crippen molar-refractivity contribution >= 4 is 11.9 Å². The van der Waals surface area contributed by atoms with Gasteiger partial charge in [-0.05, 0) is 19.4 Å². The second-order valence-electron chi connectivity index (χ2n) is 3.54. The number of aliphatic imine (C=N–C) groups is 1. The molecule has 0 bridgehead atoms. The number of nitrogens with zero attached hydrogens (tertiary/aromatic N) is 2. The largest absolute Gasteiger partial charge is 0.507 e. The van der Waals surface area contributed by atoms with Crippen molar-refractivity contribution in [3.8, 4) is 5.75 Å². The lowest BCUT2D eigenvalue weighted by molar-refractivity contribution is -0.384. The lowest BCUT2D eigenvalue weighted by Crippen LogP contribution is -1.96. The summed E-state index contributed by atoms with van der Waals surface area (Å²) in [5, 5.41) is 20.0. The number of nitro benzene ring substituents is 1. The smallest absolute Gasteiger partial charge is 0.270 e. The molecule has 1 N–H and O–H groups in total. The zero-order valence-electron chi connectivity index (χ0n) is 9.25. The van der Waals surface area contributed by atoms with Crippen molar-refractivity contribution < 1.29 is 10.0 Å². The molecule has 1 rings (SSSR count). The van der Waals surface area contributed by atoms with Gasteiger partial charge in [0.05, 0.1) is 4.92 Å². The number of nitro groups is 1. The van der Waals surface area contributed by atoms with Crippen LogP contribution < -0.4 is 0 Å². The topological polar surface area (TPSA) is 75.7 Å². The van der Waals surface area contributed by atoms with Crippen LogP contribution in [-0.4, -0.2) is 22.3 Å². The minimum atomic E-state index is -0.500. The van der Waals surface area contributed by atoms with Crippen molar-refractivity contribution in [2.75, 3.05) is 0 Å². The fourth-order valence-corrected chi connectivity index (χ4v) is 1.07. The fourth-order valence-electron chi connectivity index (χ4n) is 1.07. The molecule has 0 unspecified atom stereocenters. The molecule has 1 aromatic carbocycles. The van der Waals surface area contributed by atoms with Crippen molar-refractivity contribution in [2.45, 2.75) is 26.3 Å². The van der Waals surface area contributed by atoms with Crippen LogP contribution in [0.15, 0.2) is 23.2 Å². The normalized spacial score (nSPS) is 12.9. The quantitative estimate of drug-likeness (QED) is 0.483. The van der Waals surface area contributed by atoms with Crippen LogP contribution in [0.3, 0.4) is 0 Å². The summed E-state index contributed by atoms with van der Waals surface area (Å²) in [6.07, 6.45) is 2.35. The lowest BCUT2D eigenvalue weighted by Gasteiger charge is -2.01. The molecule has 0 aliphatic carbocycles. The fraction of sp³-hybridized carbons (Fsp3) is 0.364. The van der Waals surface area contributed by atoms with E-state index in [1.165, 1.54) is 24.4 Å². The number of benzene rings is 1. The maximum absolute atomic E-state index is 10.5. The summed E-state index contributed by atoms with van der Waals surface area (Å²) in [4.78, 5) is 14.2. The molecular formula is C11H14N2O3. The van der Waals surface area contributed by atoms with Crippen molar-refractivity contribution in [1.29, 1.82) is 0 Å². The van der Waals surface area contributed by atoms with Gasteiger partial charge in [0.25, 0.3) is 5.69 Å². The summed E-state index contributed by atoms with van der Waals surface area (Å²) >= 11 is 0. The Labute approximate surface area is 93.6 Å².